The Morgan fingerprint density at radius 3 is 1.09 bits per heavy atom. The zero-order chi connectivity index (χ0) is 76.3. The van der Waals surface area contributed by atoms with Gasteiger partial charge >= 0.3 is 0 Å². The summed E-state index contributed by atoms with van der Waals surface area (Å²) in [5.41, 5.74) is 25.8. The van der Waals surface area contributed by atoms with Gasteiger partial charge in [-0.05, 0) is 234 Å². The van der Waals surface area contributed by atoms with E-state index in [1.165, 1.54) is 97.7 Å². The maximum absolute atomic E-state index is 7.03. The van der Waals surface area contributed by atoms with E-state index in [0.29, 0.717) is 0 Å². The molecule has 0 aliphatic carbocycles. The van der Waals surface area contributed by atoms with Gasteiger partial charge in [0.2, 0.25) is 0 Å². The molecule has 0 saturated carbocycles. The SMILES string of the molecule is c1ccc(N(c2ccc(-c3ccc(-c4ccc5ccccc5c4)cc3)cc2)c2ccc(-c3cccc4c3ccc3ccc(-c5ccc6c(c5)oc5cccc(-c7ccccc7N(c7ccc(-c8cccc9c8ccc8ccccc89)cc7)c7cccc8c7ccc7ccccc78)c56)cc34)cc2)c(-c2cccc3oc4ccccc4c23)c1. The Bertz CT molecular complexity index is 7890. The minimum Gasteiger partial charge on any atom is -0.456 e. The van der Waals surface area contributed by atoms with Crippen LogP contribution in [-0.4, -0.2) is 0 Å². The molecular formula is C112H70N2O2. The van der Waals surface area contributed by atoms with Gasteiger partial charge in [-0.3, -0.25) is 0 Å². The van der Waals surface area contributed by atoms with Crippen molar-refractivity contribution in [3.63, 3.8) is 0 Å². The maximum atomic E-state index is 7.03. The number of fused-ring (bicyclic) bond motifs is 16. The lowest BCUT2D eigenvalue weighted by molar-refractivity contribution is 0.668. The van der Waals surface area contributed by atoms with Crippen molar-refractivity contribution in [1.82, 2.24) is 0 Å². The van der Waals surface area contributed by atoms with Gasteiger partial charge in [0, 0.05) is 55.1 Å². The molecule has 0 unspecified atom stereocenters. The van der Waals surface area contributed by atoms with Crippen molar-refractivity contribution in [3.05, 3.63) is 425 Å². The van der Waals surface area contributed by atoms with Crippen molar-refractivity contribution in [2.45, 2.75) is 0 Å². The van der Waals surface area contributed by atoms with Crippen molar-refractivity contribution >= 4 is 153 Å². The number of furan rings is 2. The van der Waals surface area contributed by atoms with Crippen LogP contribution in [0.2, 0.25) is 0 Å². The smallest absolute Gasteiger partial charge is 0.136 e. The third kappa shape index (κ3) is 11.1. The number of nitrogens with zero attached hydrogens (tertiary/aromatic N) is 2. The van der Waals surface area contributed by atoms with Gasteiger partial charge in [0.25, 0.3) is 0 Å². The van der Waals surface area contributed by atoms with Gasteiger partial charge in [0.1, 0.15) is 22.3 Å². The van der Waals surface area contributed by atoms with E-state index >= 15 is 0 Å². The summed E-state index contributed by atoms with van der Waals surface area (Å²) in [7, 11) is 0. The Morgan fingerprint density at radius 1 is 0.147 bits per heavy atom. The van der Waals surface area contributed by atoms with E-state index in [4.69, 9.17) is 8.83 Å². The summed E-state index contributed by atoms with van der Waals surface area (Å²) < 4.78 is 13.5. The van der Waals surface area contributed by atoms with Crippen LogP contribution in [0, 0.1) is 0 Å². The minimum atomic E-state index is 0.836. The van der Waals surface area contributed by atoms with Crippen LogP contribution in [-0.2, 0) is 0 Å². The molecule has 4 nitrogen and oxygen atoms in total. The van der Waals surface area contributed by atoms with E-state index in [1.807, 2.05) is 6.07 Å². The molecule has 0 N–H and O–H groups in total. The zero-order valence-corrected chi connectivity index (χ0v) is 63.1. The summed E-state index contributed by atoms with van der Waals surface area (Å²) in [5.74, 6) is 0. The molecule has 0 aliphatic heterocycles. The second-order valence-electron chi connectivity index (χ2n) is 30.5. The molecule has 0 saturated heterocycles. The van der Waals surface area contributed by atoms with Gasteiger partial charge in [0.05, 0.1) is 17.1 Å². The molecule has 0 fully saturated rings. The zero-order valence-electron chi connectivity index (χ0n) is 63.1. The van der Waals surface area contributed by atoms with Crippen LogP contribution in [0.3, 0.4) is 0 Å². The first-order valence-corrected chi connectivity index (χ1v) is 39.8. The Kier molecular flexibility index (Phi) is 15.6. The van der Waals surface area contributed by atoms with E-state index < -0.39 is 0 Å². The summed E-state index contributed by atoms with van der Waals surface area (Å²) in [5, 5.41) is 21.4. The lowest BCUT2D eigenvalue weighted by Crippen LogP contribution is -2.11. The highest BCUT2D eigenvalue weighted by atomic mass is 16.3. The predicted molar refractivity (Wildman–Crippen MR) is 491 cm³/mol. The van der Waals surface area contributed by atoms with Crippen molar-refractivity contribution < 1.29 is 8.83 Å². The standard InChI is InChI=1S/C112H70N2O2/c1-2-21-80-68-81(46-44-71(80)18-1)74-42-40-72(41-43-74)73-48-58-84(59-49-73)113(104-34-10-7-24-96(104)99-32-16-38-108-111(99)101-26-9-12-37-107(101)115-108)85-60-50-77(51-61-85)90-28-14-30-93-95(90)65-55-79-45-47-82(69-103(79)93)83-57-67-102-110(70-83)116-109-39-17-33-100(112(102)109)97-25-8-11-35-105(97)114(106-36-15-31-92-88-23-6-4-20-76(88)56-66-98(92)106)86-62-52-78(53-63-86)89-27-13-29-91-87-22-5-3-19-75(87)54-64-94(89)91/h1-70H. The lowest BCUT2D eigenvalue weighted by Gasteiger charge is -2.29. The summed E-state index contributed by atoms with van der Waals surface area (Å²) in [4.78, 5) is 4.87. The van der Waals surface area contributed by atoms with E-state index in [1.54, 1.807) is 0 Å². The molecule has 0 bridgehead atoms. The second kappa shape index (κ2) is 27.2. The summed E-state index contributed by atoms with van der Waals surface area (Å²) >= 11 is 0. The molecule has 4 heteroatoms. The molecule has 116 heavy (non-hydrogen) atoms. The highest BCUT2D eigenvalue weighted by Gasteiger charge is 2.26. The van der Waals surface area contributed by atoms with Crippen molar-refractivity contribution in [1.29, 1.82) is 0 Å². The number of anilines is 6. The quantitative estimate of drug-likeness (QED) is 0.108. The first-order valence-electron chi connectivity index (χ1n) is 39.8. The van der Waals surface area contributed by atoms with Crippen LogP contribution >= 0.6 is 0 Å². The van der Waals surface area contributed by atoms with Gasteiger partial charge in [-0.1, -0.05) is 328 Å². The fraction of sp³-hybridized carbons (Fsp3) is 0. The Hall–Kier alpha value is -15.4. The summed E-state index contributed by atoms with van der Waals surface area (Å²) in [6.45, 7) is 0. The van der Waals surface area contributed by atoms with Crippen LogP contribution in [0.5, 0.6) is 0 Å². The predicted octanol–water partition coefficient (Wildman–Crippen LogP) is 32.2. The molecule has 0 aliphatic rings. The van der Waals surface area contributed by atoms with Gasteiger partial charge in [-0.15, -0.1) is 0 Å². The monoisotopic (exact) mass is 1470 g/mol. The van der Waals surface area contributed by atoms with Crippen LogP contribution < -0.4 is 9.80 Å². The normalized spacial score (nSPS) is 11.8. The fourth-order valence-electron chi connectivity index (χ4n) is 18.5. The average molecular weight is 1480 g/mol. The Balaban J connectivity index is 0.591. The molecule has 0 radical (unpaired) electrons. The third-order valence-corrected chi connectivity index (χ3v) is 24.1. The molecule has 2 heterocycles. The molecule has 0 amide bonds. The highest BCUT2D eigenvalue weighted by molar-refractivity contribution is 6.19. The van der Waals surface area contributed by atoms with Gasteiger partial charge in [0.15, 0.2) is 0 Å². The first kappa shape index (κ1) is 66.4. The number of para-hydroxylation sites is 3. The average Bonchev–Trinajstić information content (AvgIpc) is 1.15. The van der Waals surface area contributed by atoms with E-state index in [2.05, 4.69) is 428 Å². The van der Waals surface area contributed by atoms with Crippen molar-refractivity contribution in [2.24, 2.45) is 0 Å². The number of benzene rings is 21. The van der Waals surface area contributed by atoms with Crippen LogP contribution in [0.15, 0.2) is 433 Å². The lowest BCUT2D eigenvalue weighted by atomic mass is 9.92. The molecule has 0 atom stereocenters. The topological polar surface area (TPSA) is 32.8 Å². The summed E-state index contributed by atoms with van der Waals surface area (Å²) in [6, 6.07) is 155. The first-order chi connectivity index (χ1) is 57.5. The molecule has 23 rings (SSSR count). The molecule has 23 aromatic rings. The summed E-state index contributed by atoms with van der Waals surface area (Å²) in [6.07, 6.45) is 0. The molecular weight excluding hydrogens is 1410 g/mol. The third-order valence-electron chi connectivity index (χ3n) is 24.1. The van der Waals surface area contributed by atoms with Crippen LogP contribution in [0.1, 0.15) is 0 Å². The Labute approximate surface area is 670 Å². The fourth-order valence-corrected chi connectivity index (χ4v) is 18.5. The molecule has 0 spiro atoms. The van der Waals surface area contributed by atoms with Crippen LogP contribution in [0.25, 0.3) is 197 Å². The number of rotatable bonds is 13. The van der Waals surface area contributed by atoms with E-state index in [-0.39, 0.29) is 0 Å². The van der Waals surface area contributed by atoms with Crippen molar-refractivity contribution in [3.8, 4) is 77.9 Å². The molecule has 2 aromatic heterocycles. The van der Waals surface area contributed by atoms with Crippen LogP contribution in [0.4, 0.5) is 34.1 Å². The molecule has 21 aromatic carbocycles. The largest absolute Gasteiger partial charge is 0.456 e. The Morgan fingerprint density at radius 2 is 0.483 bits per heavy atom. The van der Waals surface area contributed by atoms with E-state index in [0.717, 1.165) is 134 Å². The molecule has 540 valence electrons. The number of hydrogen-bond acceptors (Lipinski definition) is 4. The maximum Gasteiger partial charge on any atom is 0.136 e. The van der Waals surface area contributed by atoms with E-state index in [9.17, 15) is 0 Å². The second-order valence-corrected chi connectivity index (χ2v) is 30.5. The highest BCUT2D eigenvalue weighted by Crippen LogP contribution is 2.51. The van der Waals surface area contributed by atoms with Gasteiger partial charge < -0.3 is 18.6 Å². The van der Waals surface area contributed by atoms with Crippen molar-refractivity contribution in [2.75, 3.05) is 9.80 Å². The van der Waals surface area contributed by atoms with Gasteiger partial charge in [-0.2, -0.15) is 0 Å². The van der Waals surface area contributed by atoms with Gasteiger partial charge in [-0.25, -0.2) is 0 Å². The minimum absolute atomic E-state index is 0.836. The number of hydrogen-bond donors (Lipinski definition) is 0.